The second-order valence-electron chi connectivity index (χ2n) is 6.59. The molecule has 0 aliphatic heterocycles. The summed E-state index contributed by atoms with van der Waals surface area (Å²) in [6.45, 7) is 2.16. The number of rotatable bonds is 5. The van der Waals surface area contributed by atoms with Crippen molar-refractivity contribution in [3.63, 3.8) is 0 Å². The van der Waals surface area contributed by atoms with Crippen LogP contribution in [-0.4, -0.2) is 0 Å². The largest absolute Gasteiger partial charge is 0.457 e. The Kier molecular flexibility index (Phi) is 4.27. The van der Waals surface area contributed by atoms with Gasteiger partial charge in [-0.2, -0.15) is 0 Å². The molecule has 0 amide bonds. The van der Waals surface area contributed by atoms with Crippen LogP contribution in [0.15, 0.2) is 72.8 Å². The van der Waals surface area contributed by atoms with Crippen LogP contribution in [0.4, 0.5) is 4.39 Å². The Morgan fingerprint density at radius 3 is 2.36 bits per heavy atom. The fourth-order valence-electron chi connectivity index (χ4n) is 3.64. The molecule has 0 spiro atoms. The highest BCUT2D eigenvalue weighted by atomic mass is 19.1. The summed E-state index contributed by atoms with van der Waals surface area (Å²) in [6, 6.07) is 23.2. The van der Waals surface area contributed by atoms with E-state index in [0.29, 0.717) is 17.6 Å². The number of ether oxygens (including phenoxy) is 1. The van der Waals surface area contributed by atoms with Gasteiger partial charge < -0.3 is 4.74 Å². The first-order chi connectivity index (χ1) is 12.3. The van der Waals surface area contributed by atoms with Crippen LogP contribution in [0.25, 0.3) is 0 Å². The van der Waals surface area contributed by atoms with Crippen molar-refractivity contribution in [1.29, 1.82) is 0 Å². The van der Waals surface area contributed by atoms with E-state index in [4.69, 9.17) is 4.74 Å². The maximum Gasteiger partial charge on any atom is 0.130 e. The predicted octanol–water partition coefficient (Wildman–Crippen LogP) is 6.45. The van der Waals surface area contributed by atoms with Crippen LogP contribution in [-0.2, 0) is 6.42 Å². The predicted molar refractivity (Wildman–Crippen MR) is 98.8 cm³/mol. The summed E-state index contributed by atoms with van der Waals surface area (Å²) in [4.78, 5) is 0. The molecule has 1 saturated carbocycles. The van der Waals surface area contributed by atoms with Gasteiger partial charge in [0, 0.05) is 0 Å². The van der Waals surface area contributed by atoms with Crippen LogP contribution in [0.3, 0.4) is 0 Å². The van der Waals surface area contributed by atoms with Crippen molar-refractivity contribution in [3.05, 3.63) is 95.3 Å². The topological polar surface area (TPSA) is 9.23 Å². The standard InChI is InChI=1S/C23H21FO/c1-2-19-20(22-15-21(22)16-7-4-3-5-8-16)9-6-10-23(19)25-18-13-11-17(24)12-14-18/h3-14,21-22H,2,15H2,1H3. The molecule has 3 aromatic rings. The minimum Gasteiger partial charge on any atom is -0.457 e. The molecule has 4 rings (SSSR count). The van der Waals surface area contributed by atoms with Gasteiger partial charge in [0.25, 0.3) is 0 Å². The first kappa shape index (κ1) is 15.9. The lowest BCUT2D eigenvalue weighted by molar-refractivity contribution is 0.474. The first-order valence-corrected chi connectivity index (χ1v) is 8.86. The van der Waals surface area contributed by atoms with Gasteiger partial charge in [0.2, 0.25) is 0 Å². The maximum atomic E-state index is 13.1. The zero-order chi connectivity index (χ0) is 17.2. The molecule has 0 N–H and O–H groups in total. The lowest BCUT2D eigenvalue weighted by Gasteiger charge is -2.14. The summed E-state index contributed by atoms with van der Waals surface area (Å²) in [5.74, 6) is 2.47. The smallest absolute Gasteiger partial charge is 0.130 e. The van der Waals surface area contributed by atoms with E-state index in [1.54, 1.807) is 12.1 Å². The molecule has 2 heteroatoms. The lowest BCUT2D eigenvalue weighted by Crippen LogP contribution is -1.97. The van der Waals surface area contributed by atoms with E-state index >= 15 is 0 Å². The van der Waals surface area contributed by atoms with Crippen LogP contribution in [0.1, 0.15) is 41.9 Å². The van der Waals surface area contributed by atoms with Gasteiger partial charge in [-0.25, -0.2) is 4.39 Å². The molecule has 2 unspecified atom stereocenters. The van der Waals surface area contributed by atoms with Gasteiger partial charge in [-0.3, -0.25) is 0 Å². The van der Waals surface area contributed by atoms with Gasteiger partial charge >= 0.3 is 0 Å². The third-order valence-electron chi connectivity index (χ3n) is 4.98. The molecule has 0 radical (unpaired) electrons. The second-order valence-corrected chi connectivity index (χ2v) is 6.59. The highest BCUT2D eigenvalue weighted by molar-refractivity contribution is 5.48. The van der Waals surface area contributed by atoms with Crippen molar-refractivity contribution in [3.8, 4) is 11.5 Å². The van der Waals surface area contributed by atoms with Crippen molar-refractivity contribution >= 4 is 0 Å². The monoisotopic (exact) mass is 332 g/mol. The number of hydrogen-bond acceptors (Lipinski definition) is 1. The van der Waals surface area contributed by atoms with E-state index in [1.807, 2.05) is 6.07 Å². The Hall–Kier alpha value is -2.61. The summed E-state index contributed by atoms with van der Waals surface area (Å²) in [5.41, 5.74) is 4.06. The number of benzene rings is 3. The highest BCUT2D eigenvalue weighted by Gasteiger charge is 2.40. The summed E-state index contributed by atoms with van der Waals surface area (Å²) in [7, 11) is 0. The molecule has 1 aliphatic rings. The molecule has 1 fully saturated rings. The Morgan fingerprint density at radius 2 is 1.64 bits per heavy atom. The van der Waals surface area contributed by atoms with Crippen LogP contribution in [0, 0.1) is 5.82 Å². The Bertz CT molecular complexity index is 855. The van der Waals surface area contributed by atoms with E-state index in [-0.39, 0.29) is 5.82 Å². The third-order valence-corrected chi connectivity index (χ3v) is 4.98. The average molecular weight is 332 g/mol. The third kappa shape index (κ3) is 3.30. The first-order valence-electron chi connectivity index (χ1n) is 8.86. The lowest BCUT2D eigenvalue weighted by atomic mass is 9.97. The fraction of sp³-hybridized carbons (Fsp3) is 0.217. The van der Waals surface area contributed by atoms with Crippen molar-refractivity contribution in [2.24, 2.45) is 0 Å². The Labute approximate surface area is 148 Å². The molecule has 3 aromatic carbocycles. The van der Waals surface area contributed by atoms with Gasteiger partial charge in [0.05, 0.1) is 0 Å². The quantitative estimate of drug-likeness (QED) is 0.521. The highest BCUT2D eigenvalue weighted by Crippen LogP contribution is 2.56. The maximum absolute atomic E-state index is 13.1. The zero-order valence-corrected chi connectivity index (χ0v) is 14.3. The van der Waals surface area contributed by atoms with E-state index in [2.05, 4.69) is 49.4 Å². The molecule has 25 heavy (non-hydrogen) atoms. The molecule has 0 saturated heterocycles. The van der Waals surface area contributed by atoms with Crippen molar-refractivity contribution in [2.45, 2.75) is 31.6 Å². The normalized spacial score (nSPS) is 18.8. The van der Waals surface area contributed by atoms with Crippen molar-refractivity contribution in [1.82, 2.24) is 0 Å². The minimum absolute atomic E-state index is 0.250. The summed E-state index contributed by atoms with van der Waals surface area (Å²) < 4.78 is 19.1. The minimum atomic E-state index is -0.250. The number of hydrogen-bond donors (Lipinski definition) is 0. The van der Waals surface area contributed by atoms with Gasteiger partial charge in [-0.05, 0) is 71.7 Å². The van der Waals surface area contributed by atoms with Crippen LogP contribution < -0.4 is 4.74 Å². The summed E-state index contributed by atoms with van der Waals surface area (Å²) >= 11 is 0. The van der Waals surface area contributed by atoms with Crippen LogP contribution in [0.2, 0.25) is 0 Å². The van der Waals surface area contributed by atoms with E-state index in [9.17, 15) is 4.39 Å². The van der Waals surface area contributed by atoms with Crippen molar-refractivity contribution < 1.29 is 9.13 Å². The molecule has 1 nitrogen and oxygen atoms in total. The average Bonchev–Trinajstić information content (AvgIpc) is 3.45. The Morgan fingerprint density at radius 1 is 0.880 bits per heavy atom. The molecular weight excluding hydrogens is 311 g/mol. The van der Waals surface area contributed by atoms with Crippen LogP contribution in [0.5, 0.6) is 11.5 Å². The number of halogens is 1. The Balaban J connectivity index is 1.61. The molecule has 0 heterocycles. The molecular formula is C23H21FO. The molecule has 0 bridgehead atoms. The van der Waals surface area contributed by atoms with E-state index < -0.39 is 0 Å². The van der Waals surface area contributed by atoms with Gasteiger partial charge in [-0.15, -0.1) is 0 Å². The molecule has 126 valence electrons. The van der Waals surface area contributed by atoms with Crippen LogP contribution >= 0.6 is 0 Å². The van der Waals surface area contributed by atoms with E-state index in [0.717, 1.165) is 12.2 Å². The summed E-state index contributed by atoms with van der Waals surface area (Å²) in [5, 5.41) is 0. The second kappa shape index (κ2) is 6.72. The van der Waals surface area contributed by atoms with E-state index in [1.165, 1.54) is 35.2 Å². The molecule has 2 atom stereocenters. The van der Waals surface area contributed by atoms with Gasteiger partial charge in [-0.1, -0.05) is 49.4 Å². The molecule has 0 aromatic heterocycles. The van der Waals surface area contributed by atoms with Crippen molar-refractivity contribution in [2.75, 3.05) is 0 Å². The molecule has 1 aliphatic carbocycles. The van der Waals surface area contributed by atoms with Gasteiger partial charge in [0.15, 0.2) is 0 Å². The summed E-state index contributed by atoms with van der Waals surface area (Å²) in [6.07, 6.45) is 2.11. The SMILES string of the molecule is CCc1c(Oc2ccc(F)cc2)cccc1C1CC1c1ccccc1. The zero-order valence-electron chi connectivity index (χ0n) is 14.3. The fourth-order valence-corrected chi connectivity index (χ4v) is 3.64. The van der Waals surface area contributed by atoms with Gasteiger partial charge in [0.1, 0.15) is 17.3 Å².